The van der Waals surface area contributed by atoms with E-state index in [2.05, 4.69) is 14.7 Å². The molecule has 0 radical (unpaired) electrons. The highest BCUT2D eigenvalue weighted by Crippen LogP contribution is 2.31. The zero-order valence-electron chi connectivity index (χ0n) is 13.2. The molecule has 0 unspecified atom stereocenters. The van der Waals surface area contributed by atoms with E-state index in [4.69, 9.17) is 0 Å². The van der Waals surface area contributed by atoms with Crippen molar-refractivity contribution in [2.45, 2.75) is 31.8 Å². The minimum Gasteiger partial charge on any atom is -0.504 e. The molecule has 122 valence electrons. The minimum absolute atomic E-state index is 0.208. The first kappa shape index (κ1) is 14.4. The first-order chi connectivity index (χ1) is 11.2. The fourth-order valence-corrected chi connectivity index (χ4v) is 3.41. The standard InChI is InChI=1S/C18H22FN3O/c19-15-6-4-14(5-7-15)10-20-8-9-21-13-22(16-2-1-3-16)12-18(23)17(21)11-20/h4-7,11-12,16,23H,1-3,8-10,13H2. The maximum atomic E-state index is 13.0. The van der Waals surface area contributed by atoms with E-state index in [1.165, 1.54) is 31.4 Å². The highest BCUT2D eigenvalue weighted by atomic mass is 19.1. The van der Waals surface area contributed by atoms with Crippen LogP contribution in [0.5, 0.6) is 0 Å². The van der Waals surface area contributed by atoms with Gasteiger partial charge in [-0.1, -0.05) is 12.1 Å². The second kappa shape index (κ2) is 5.80. The summed E-state index contributed by atoms with van der Waals surface area (Å²) in [4.78, 5) is 6.70. The Hall–Kier alpha value is -2.17. The fourth-order valence-electron chi connectivity index (χ4n) is 3.41. The summed E-state index contributed by atoms with van der Waals surface area (Å²) in [5.74, 6) is 0.146. The first-order valence-electron chi connectivity index (χ1n) is 8.31. The maximum Gasteiger partial charge on any atom is 0.156 e. The Bertz CT molecular complexity index is 636. The second-order valence-corrected chi connectivity index (χ2v) is 6.63. The van der Waals surface area contributed by atoms with Gasteiger partial charge in [-0.2, -0.15) is 0 Å². The van der Waals surface area contributed by atoms with Crippen molar-refractivity contribution in [1.29, 1.82) is 0 Å². The number of benzene rings is 1. The SMILES string of the molecule is OC1=CN(C2CCC2)CN2CCN(Cc3ccc(F)cc3)C=C12. The van der Waals surface area contributed by atoms with Crippen molar-refractivity contribution in [3.8, 4) is 0 Å². The van der Waals surface area contributed by atoms with Gasteiger partial charge in [-0.3, -0.25) is 0 Å². The monoisotopic (exact) mass is 315 g/mol. The van der Waals surface area contributed by atoms with E-state index >= 15 is 0 Å². The lowest BCUT2D eigenvalue weighted by Crippen LogP contribution is -2.50. The molecule has 4 rings (SSSR count). The molecule has 1 saturated carbocycles. The zero-order chi connectivity index (χ0) is 15.8. The predicted molar refractivity (Wildman–Crippen MR) is 86.7 cm³/mol. The molecule has 3 aliphatic rings. The van der Waals surface area contributed by atoms with E-state index in [0.717, 1.165) is 37.6 Å². The van der Waals surface area contributed by atoms with Gasteiger partial charge in [-0.25, -0.2) is 4.39 Å². The van der Waals surface area contributed by atoms with Crippen molar-refractivity contribution in [2.75, 3.05) is 19.8 Å². The van der Waals surface area contributed by atoms with Crippen LogP contribution in [0.1, 0.15) is 24.8 Å². The average molecular weight is 315 g/mol. The molecule has 0 bridgehead atoms. The molecule has 1 aliphatic carbocycles. The lowest BCUT2D eigenvalue weighted by atomic mass is 9.91. The van der Waals surface area contributed by atoms with E-state index in [1.807, 2.05) is 24.5 Å². The molecule has 2 aliphatic heterocycles. The molecule has 0 saturated heterocycles. The lowest BCUT2D eigenvalue weighted by Gasteiger charge is -2.46. The van der Waals surface area contributed by atoms with Crippen LogP contribution in [-0.2, 0) is 6.54 Å². The van der Waals surface area contributed by atoms with Gasteiger partial charge in [0, 0.05) is 38.1 Å². The van der Waals surface area contributed by atoms with Crippen LogP contribution in [0.25, 0.3) is 0 Å². The largest absolute Gasteiger partial charge is 0.504 e. The van der Waals surface area contributed by atoms with Crippen molar-refractivity contribution in [3.05, 3.63) is 59.5 Å². The molecule has 1 aromatic carbocycles. The number of hydrogen-bond acceptors (Lipinski definition) is 4. The summed E-state index contributed by atoms with van der Waals surface area (Å²) in [5.41, 5.74) is 1.97. The topological polar surface area (TPSA) is 30.0 Å². The number of aliphatic hydroxyl groups excluding tert-OH is 1. The molecule has 1 N–H and O–H groups in total. The number of fused-ring (bicyclic) bond motifs is 1. The van der Waals surface area contributed by atoms with Gasteiger partial charge in [0.1, 0.15) is 5.82 Å². The van der Waals surface area contributed by atoms with E-state index in [0.29, 0.717) is 11.8 Å². The van der Waals surface area contributed by atoms with Crippen LogP contribution in [0.15, 0.2) is 48.1 Å². The highest BCUT2D eigenvalue weighted by molar-refractivity contribution is 5.28. The Balaban J connectivity index is 1.49. The Kier molecular flexibility index (Phi) is 3.63. The summed E-state index contributed by atoms with van der Waals surface area (Å²) in [6.45, 7) is 3.41. The smallest absolute Gasteiger partial charge is 0.156 e. The van der Waals surface area contributed by atoms with E-state index in [9.17, 15) is 9.50 Å². The Morgan fingerprint density at radius 3 is 2.57 bits per heavy atom. The van der Waals surface area contributed by atoms with Crippen molar-refractivity contribution >= 4 is 0 Å². The molecule has 0 amide bonds. The van der Waals surface area contributed by atoms with E-state index in [-0.39, 0.29) is 5.82 Å². The molecule has 5 heteroatoms. The molecule has 0 atom stereocenters. The predicted octanol–water partition coefficient (Wildman–Crippen LogP) is 3.01. The van der Waals surface area contributed by atoms with Crippen molar-refractivity contribution in [3.63, 3.8) is 0 Å². The van der Waals surface area contributed by atoms with Gasteiger partial charge >= 0.3 is 0 Å². The van der Waals surface area contributed by atoms with Crippen LogP contribution in [-0.4, -0.2) is 45.6 Å². The summed E-state index contributed by atoms with van der Waals surface area (Å²) < 4.78 is 13.0. The van der Waals surface area contributed by atoms with Crippen LogP contribution in [0, 0.1) is 5.82 Å². The molecule has 1 aromatic rings. The Morgan fingerprint density at radius 2 is 1.87 bits per heavy atom. The lowest BCUT2D eigenvalue weighted by molar-refractivity contribution is 0.0803. The van der Waals surface area contributed by atoms with Crippen LogP contribution >= 0.6 is 0 Å². The average Bonchev–Trinajstić information content (AvgIpc) is 2.49. The minimum atomic E-state index is -0.208. The van der Waals surface area contributed by atoms with Crippen LogP contribution < -0.4 is 0 Å². The normalized spacial score (nSPS) is 21.5. The van der Waals surface area contributed by atoms with Gasteiger partial charge in [-0.05, 0) is 37.0 Å². The highest BCUT2D eigenvalue weighted by Gasteiger charge is 2.31. The third-order valence-corrected chi connectivity index (χ3v) is 5.03. The number of aliphatic hydroxyl groups is 1. The Morgan fingerprint density at radius 1 is 1.09 bits per heavy atom. The van der Waals surface area contributed by atoms with E-state index in [1.54, 1.807) is 0 Å². The number of nitrogens with zero attached hydrogens (tertiary/aromatic N) is 3. The summed E-state index contributed by atoms with van der Waals surface area (Å²) >= 11 is 0. The third kappa shape index (κ3) is 2.87. The number of halogens is 1. The van der Waals surface area contributed by atoms with Gasteiger partial charge < -0.3 is 19.8 Å². The van der Waals surface area contributed by atoms with Crippen molar-refractivity contribution in [1.82, 2.24) is 14.7 Å². The number of rotatable bonds is 3. The Labute approximate surface area is 136 Å². The van der Waals surface area contributed by atoms with E-state index < -0.39 is 0 Å². The first-order valence-corrected chi connectivity index (χ1v) is 8.31. The molecule has 0 spiro atoms. The molecule has 1 fully saturated rings. The summed E-state index contributed by atoms with van der Waals surface area (Å²) in [7, 11) is 0. The van der Waals surface area contributed by atoms with Gasteiger partial charge in [-0.15, -0.1) is 0 Å². The molecular formula is C18H22FN3O. The van der Waals surface area contributed by atoms with Gasteiger partial charge in [0.25, 0.3) is 0 Å². The van der Waals surface area contributed by atoms with Gasteiger partial charge in [0.05, 0.1) is 12.4 Å². The van der Waals surface area contributed by atoms with Crippen molar-refractivity contribution in [2.24, 2.45) is 0 Å². The van der Waals surface area contributed by atoms with Crippen molar-refractivity contribution < 1.29 is 9.50 Å². The fraction of sp³-hybridized carbons (Fsp3) is 0.444. The van der Waals surface area contributed by atoms with Gasteiger partial charge in [0.2, 0.25) is 0 Å². The zero-order valence-corrected chi connectivity index (χ0v) is 13.2. The second-order valence-electron chi connectivity index (χ2n) is 6.63. The summed E-state index contributed by atoms with van der Waals surface area (Å²) in [6.07, 6.45) is 7.68. The van der Waals surface area contributed by atoms with Gasteiger partial charge in [0.15, 0.2) is 5.76 Å². The quantitative estimate of drug-likeness (QED) is 0.929. The molecule has 23 heavy (non-hydrogen) atoms. The summed E-state index contributed by atoms with van der Waals surface area (Å²) in [6, 6.07) is 7.21. The maximum absolute atomic E-state index is 13.0. The molecular weight excluding hydrogens is 293 g/mol. The third-order valence-electron chi connectivity index (χ3n) is 5.03. The van der Waals surface area contributed by atoms with Crippen LogP contribution in [0.4, 0.5) is 4.39 Å². The van der Waals surface area contributed by atoms with Crippen LogP contribution in [0.3, 0.4) is 0 Å². The van der Waals surface area contributed by atoms with Crippen LogP contribution in [0.2, 0.25) is 0 Å². The molecule has 2 heterocycles. The molecule has 0 aromatic heterocycles. The summed E-state index contributed by atoms with van der Waals surface area (Å²) in [5, 5.41) is 10.4. The number of hydrogen-bond donors (Lipinski definition) is 1. The molecule has 4 nitrogen and oxygen atoms in total.